The van der Waals surface area contributed by atoms with E-state index in [1.54, 1.807) is 6.07 Å². The predicted octanol–water partition coefficient (Wildman–Crippen LogP) is 4.07. The van der Waals surface area contributed by atoms with Gasteiger partial charge >= 0.3 is 0 Å². The molecule has 0 spiro atoms. The lowest BCUT2D eigenvalue weighted by molar-refractivity contribution is -0.124. The molecule has 2 rings (SSSR count). The van der Waals surface area contributed by atoms with Crippen molar-refractivity contribution in [2.75, 3.05) is 0 Å². The van der Waals surface area contributed by atoms with Crippen molar-refractivity contribution in [3.63, 3.8) is 0 Å². The second-order valence-corrected chi connectivity index (χ2v) is 7.11. The molecule has 0 N–H and O–H groups in total. The first-order chi connectivity index (χ1) is 9.13. The maximum Gasteiger partial charge on any atom is 0.170 e. The van der Waals surface area contributed by atoms with Gasteiger partial charge in [0, 0.05) is 5.56 Å². The van der Waals surface area contributed by atoms with Crippen LogP contribution in [0.5, 0.6) is 0 Å². The minimum absolute atomic E-state index is 0.0501. The van der Waals surface area contributed by atoms with Crippen LogP contribution >= 0.6 is 0 Å². The molecule has 1 aromatic carbocycles. The highest BCUT2D eigenvalue weighted by atomic mass is 19.1. The minimum Gasteiger partial charge on any atom is -0.298 e. The van der Waals surface area contributed by atoms with Crippen LogP contribution in [-0.4, -0.2) is 11.6 Å². The lowest BCUT2D eigenvalue weighted by Crippen LogP contribution is -2.40. The molecule has 0 fully saturated rings. The zero-order valence-electron chi connectivity index (χ0n) is 12.5. The fourth-order valence-electron chi connectivity index (χ4n) is 2.71. The van der Waals surface area contributed by atoms with Crippen LogP contribution in [0.1, 0.15) is 62.9 Å². The Bertz CT molecular complexity index is 569. The molecule has 0 aliphatic heterocycles. The molecule has 20 heavy (non-hydrogen) atoms. The third kappa shape index (κ3) is 2.67. The number of hydrogen-bond acceptors (Lipinski definition) is 2. The van der Waals surface area contributed by atoms with E-state index in [9.17, 15) is 14.0 Å². The number of rotatable bonds is 2. The van der Waals surface area contributed by atoms with Crippen LogP contribution in [0.3, 0.4) is 0 Å². The summed E-state index contributed by atoms with van der Waals surface area (Å²) in [5.41, 5.74) is 0.500. The van der Waals surface area contributed by atoms with E-state index in [1.165, 1.54) is 12.1 Å². The number of Topliss-reactive ketones (excluding diaryl/α,β-unsaturated/α-hetero) is 2. The van der Waals surface area contributed by atoms with Gasteiger partial charge in [0.05, 0.1) is 11.8 Å². The largest absolute Gasteiger partial charge is 0.298 e. The first-order valence-electron chi connectivity index (χ1n) is 7.00. The second kappa shape index (κ2) is 4.80. The van der Waals surface area contributed by atoms with E-state index in [0.29, 0.717) is 17.5 Å². The van der Waals surface area contributed by atoms with E-state index in [4.69, 9.17) is 0 Å². The van der Waals surface area contributed by atoms with Crippen LogP contribution in [0.2, 0.25) is 0 Å². The number of ketones is 2. The molecule has 0 saturated heterocycles. The highest BCUT2D eigenvalue weighted by Crippen LogP contribution is 2.40. The van der Waals surface area contributed by atoms with Gasteiger partial charge in [-0.05, 0) is 42.9 Å². The Morgan fingerprint density at radius 2 is 1.90 bits per heavy atom. The minimum atomic E-state index is -0.676. The third-order valence-electron chi connectivity index (χ3n) is 4.19. The summed E-state index contributed by atoms with van der Waals surface area (Å²) in [6, 6.07) is 4.20. The average molecular weight is 276 g/mol. The molecular formula is C17H21FO2. The molecule has 1 aliphatic carbocycles. The summed E-state index contributed by atoms with van der Waals surface area (Å²) >= 11 is 0. The van der Waals surface area contributed by atoms with E-state index in [2.05, 4.69) is 20.8 Å². The Labute approximate surface area is 119 Å². The molecule has 0 unspecified atom stereocenters. The van der Waals surface area contributed by atoms with E-state index < -0.39 is 11.2 Å². The molecule has 3 heteroatoms. The zero-order valence-corrected chi connectivity index (χ0v) is 12.5. The fourth-order valence-corrected chi connectivity index (χ4v) is 2.71. The van der Waals surface area contributed by atoms with Crippen molar-refractivity contribution < 1.29 is 14.0 Å². The van der Waals surface area contributed by atoms with Gasteiger partial charge in [0.2, 0.25) is 0 Å². The van der Waals surface area contributed by atoms with Crippen LogP contribution in [0.4, 0.5) is 4.39 Å². The van der Waals surface area contributed by atoms with Gasteiger partial charge in [-0.15, -0.1) is 0 Å². The molecule has 0 heterocycles. The summed E-state index contributed by atoms with van der Waals surface area (Å²) in [4.78, 5) is 24.3. The van der Waals surface area contributed by atoms with Crippen molar-refractivity contribution in [1.29, 1.82) is 0 Å². The number of halogens is 1. The standard InChI is InChI=1S/C17H21FO2/c1-16(2,3)7-8-17(4)13-6-5-11(18)9-12(13)14(19)10-15(17)20/h5-6,9H,7-8,10H2,1-4H3/t17-/m0/s1. The van der Waals surface area contributed by atoms with Gasteiger partial charge in [0.15, 0.2) is 11.6 Å². The molecule has 108 valence electrons. The molecule has 0 radical (unpaired) electrons. The van der Waals surface area contributed by atoms with Crippen molar-refractivity contribution >= 4 is 11.6 Å². The average Bonchev–Trinajstić information content (AvgIpc) is 2.33. The Balaban J connectivity index is 2.45. The van der Waals surface area contributed by atoms with Gasteiger partial charge < -0.3 is 0 Å². The number of carbonyl (C=O) groups excluding carboxylic acids is 2. The van der Waals surface area contributed by atoms with Crippen LogP contribution in [0.25, 0.3) is 0 Å². The van der Waals surface area contributed by atoms with Crippen LogP contribution in [-0.2, 0) is 10.2 Å². The van der Waals surface area contributed by atoms with E-state index in [-0.39, 0.29) is 23.4 Å². The Kier molecular flexibility index (Phi) is 3.57. The molecule has 0 saturated carbocycles. The Morgan fingerprint density at radius 3 is 2.50 bits per heavy atom. The molecule has 1 aliphatic rings. The van der Waals surface area contributed by atoms with Crippen molar-refractivity contribution in [2.45, 2.75) is 52.4 Å². The topological polar surface area (TPSA) is 34.1 Å². The molecular weight excluding hydrogens is 255 g/mol. The van der Waals surface area contributed by atoms with Gasteiger partial charge in [-0.2, -0.15) is 0 Å². The fraction of sp³-hybridized carbons (Fsp3) is 0.529. The van der Waals surface area contributed by atoms with E-state index in [1.807, 2.05) is 6.92 Å². The van der Waals surface area contributed by atoms with Crippen LogP contribution < -0.4 is 0 Å². The monoisotopic (exact) mass is 276 g/mol. The van der Waals surface area contributed by atoms with Crippen molar-refractivity contribution in [3.8, 4) is 0 Å². The van der Waals surface area contributed by atoms with Crippen molar-refractivity contribution in [2.24, 2.45) is 5.41 Å². The van der Waals surface area contributed by atoms with Crippen LogP contribution in [0, 0.1) is 11.2 Å². The molecule has 0 bridgehead atoms. The van der Waals surface area contributed by atoms with Gasteiger partial charge in [-0.3, -0.25) is 9.59 Å². The normalized spacial score (nSPS) is 22.9. The van der Waals surface area contributed by atoms with Crippen molar-refractivity contribution in [1.82, 2.24) is 0 Å². The maximum absolute atomic E-state index is 13.4. The SMILES string of the molecule is CC(C)(C)CC[C@]1(C)C(=O)CC(=O)c2cc(F)ccc21. The summed E-state index contributed by atoms with van der Waals surface area (Å²) in [5.74, 6) is -0.742. The number of benzene rings is 1. The first-order valence-corrected chi connectivity index (χ1v) is 7.00. The summed E-state index contributed by atoms with van der Waals surface area (Å²) in [6.07, 6.45) is 1.44. The highest BCUT2D eigenvalue weighted by Gasteiger charge is 2.42. The predicted molar refractivity (Wildman–Crippen MR) is 76.4 cm³/mol. The lowest BCUT2D eigenvalue weighted by atomic mass is 9.66. The molecule has 0 amide bonds. The van der Waals surface area contributed by atoms with Gasteiger partial charge in [-0.1, -0.05) is 26.8 Å². The number of carbonyl (C=O) groups is 2. The second-order valence-electron chi connectivity index (χ2n) is 7.11. The summed E-state index contributed by atoms with van der Waals surface area (Å²) in [7, 11) is 0. The summed E-state index contributed by atoms with van der Waals surface area (Å²) in [6.45, 7) is 8.26. The molecule has 1 atom stereocenters. The first kappa shape index (κ1) is 14.9. The quantitative estimate of drug-likeness (QED) is 0.763. The molecule has 0 aromatic heterocycles. The number of hydrogen-bond donors (Lipinski definition) is 0. The number of fused-ring (bicyclic) bond motifs is 1. The van der Waals surface area contributed by atoms with E-state index in [0.717, 1.165) is 6.42 Å². The lowest BCUT2D eigenvalue weighted by Gasteiger charge is -2.35. The van der Waals surface area contributed by atoms with Gasteiger partial charge in [0.1, 0.15) is 5.82 Å². The van der Waals surface area contributed by atoms with Crippen LogP contribution in [0.15, 0.2) is 18.2 Å². The summed E-state index contributed by atoms with van der Waals surface area (Å²) in [5, 5.41) is 0. The third-order valence-corrected chi connectivity index (χ3v) is 4.19. The Morgan fingerprint density at radius 1 is 1.25 bits per heavy atom. The van der Waals surface area contributed by atoms with E-state index >= 15 is 0 Å². The Hall–Kier alpha value is -1.51. The molecule has 1 aromatic rings. The maximum atomic E-state index is 13.4. The molecule has 2 nitrogen and oxygen atoms in total. The smallest absolute Gasteiger partial charge is 0.170 e. The van der Waals surface area contributed by atoms with Gasteiger partial charge in [0.25, 0.3) is 0 Å². The summed E-state index contributed by atoms with van der Waals surface area (Å²) < 4.78 is 13.4. The van der Waals surface area contributed by atoms with Crippen molar-refractivity contribution in [3.05, 3.63) is 35.1 Å². The zero-order chi connectivity index (χ0) is 15.1. The highest BCUT2D eigenvalue weighted by molar-refractivity contribution is 6.16. The van der Waals surface area contributed by atoms with Gasteiger partial charge in [-0.25, -0.2) is 4.39 Å².